The van der Waals surface area contributed by atoms with E-state index in [9.17, 15) is 5.11 Å². The maximum Gasteiger partial charge on any atom is 0.0849 e. The third kappa shape index (κ3) is 8.22. The molecule has 13 heavy (non-hydrogen) atoms. The molecule has 0 heterocycles. The molecule has 0 aliphatic rings. The highest BCUT2D eigenvalue weighted by molar-refractivity contribution is 4.68. The molecule has 0 saturated carbocycles. The van der Waals surface area contributed by atoms with Gasteiger partial charge in [0.2, 0.25) is 0 Å². The minimum Gasteiger partial charge on any atom is -0.388 e. The van der Waals surface area contributed by atoms with Gasteiger partial charge in [-0.3, -0.25) is 0 Å². The molecule has 0 saturated heterocycles. The lowest BCUT2D eigenvalue weighted by molar-refractivity contribution is -0.0349. The van der Waals surface area contributed by atoms with Gasteiger partial charge >= 0.3 is 0 Å². The van der Waals surface area contributed by atoms with Crippen molar-refractivity contribution >= 4 is 0 Å². The van der Waals surface area contributed by atoms with Crippen LogP contribution in [-0.4, -0.2) is 36.5 Å². The highest BCUT2D eigenvalue weighted by atomic mass is 16.5. The molecule has 1 atom stereocenters. The first-order valence-corrected chi connectivity index (χ1v) is 5.01. The average Bonchev–Trinajstić information content (AvgIpc) is 2.03. The van der Waals surface area contributed by atoms with E-state index in [0.717, 1.165) is 13.0 Å². The Hall–Kier alpha value is -0.120. The van der Waals surface area contributed by atoms with Crippen molar-refractivity contribution in [1.82, 2.24) is 5.32 Å². The SMILES string of the molecule is CCC(C)(O)COCCNC(C)C. The van der Waals surface area contributed by atoms with Gasteiger partial charge < -0.3 is 15.2 Å². The number of nitrogens with one attached hydrogen (secondary N) is 1. The highest BCUT2D eigenvalue weighted by Crippen LogP contribution is 2.07. The molecular weight excluding hydrogens is 166 g/mol. The molecule has 0 fully saturated rings. The van der Waals surface area contributed by atoms with Crippen molar-refractivity contribution in [2.75, 3.05) is 19.8 Å². The summed E-state index contributed by atoms with van der Waals surface area (Å²) in [5.74, 6) is 0. The van der Waals surface area contributed by atoms with Crippen LogP contribution >= 0.6 is 0 Å². The minimum atomic E-state index is -0.669. The van der Waals surface area contributed by atoms with Crippen molar-refractivity contribution in [2.24, 2.45) is 0 Å². The lowest BCUT2D eigenvalue weighted by Gasteiger charge is -2.21. The van der Waals surface area contributed by atoms with Gasteiger partial charge in [0, 0.05) is 12.6 Å². The molecule has 0 aliphatic heterocycles. The standard InChI is InChI=1S/C10H23NO2/c1-5-10(4,12)8-13-7-6-11-9(2)3/h9,11-12H,5-8H2,1-4H3. The summed E-state index contributed by atoms with van der Waals surface area (Å²) in [6.45, 7) is 9.87. The van der Waals surface area contributed by atoms with Crippen LogP contribution in [0.15, 0.2) is 0 Å². The maximum absolute atomic E-state index is 9.59. The maximum atomic E-state index is 9.59. The lowest BCUT2D eigenvalue weighted by atomic mass is 10.1. The fourth-order valence-electron chi connectivity index (χ4n) is 0.814. The normalized spacial score (nSPS) is 16.2. The van der Waals surface area contributed by atoms with E-state index in [1.807, 2.05) is 6.92 Å². The minimum absolute atomic E-state index is 0.420. The van der Waals surface area contributed by atoms with Crippen molar-refractivity contribution in [3.63, 3.8) is 0 Å². The van der Waals surface area contributed by atoms with Crippen molar-refractivity contribution in [3.8, 4) is 0 Å². The second-order valence-electron chi connectivity index (χ2n) is 4.01. The third-order valence-corrected chi connectivity index (χ3v) is 1.97. The Labute approximate surface area is 81.5 Å². The Morgan fingerprint density at radius 1 is 1.46 bits per heavy atom. The van der Waals surface area contributed by atoms with E-state index in [-0.39, 0.29) is 0 Å². The van der Waals surface area contributed by atoms with E-state index in [0.29, 0.717) is 19.3 Å². The Bertz CT molecular complexity index is 124. The first-order chi connectivity index (χ1) is 5.98. The predicted octanol–water partition coefficient (Wildman–Crippen LogP) is 1.16. The van der Waals surface area contributed by atoms with Gasteiger partial charge in [-0.05, 0) is 13.3 Å². The zero-order valence-corrected chi connectivity index (χ0v) is 9.26. The molecule has 0 radical (unpaired) electrons. The Morgan fingerprint density at radius 3 is 2.54 bits per heavy atom. The molecule has 0 spiro atoms. The summed E-state index contributed by atoms with van der Waals surface area (Å²) in [5.41, 5.74) is -0.669. The van der Waals surface area contributed by atoms with Crippen molar-refractivity contribution in [1.29, 1.82) is 0 Å². The second-order valence-corrected chi connectivity index (χ2v) is 4.01. The summed E-state index contributed by atoms with van der Waals surface area (Å²) in [6, 6.07) is 0.496. The molecule has 0 aromatic carbocycles. The molecule has 0 aromatic rings. The fourth-order valence-corrected chi connectivity index (χ4v) is 0.814. The van der Waals surface area contributed by atoms with Gasteiger partial charge in [0.25, 0.3) is 0 Å². The quantitative estimate of drug-likeness (QED) is 0.591. The van der Waals surface area contributed by atoms with E-state index < -0.39 is 5.60 Å². The van der Waals surface area contributed by atoms with E-state index >= 15 is 0 Å². The van der Waals surface area contributed by atoms with Gasteiger partial charge in [-0.1, -0.05) is 20.8 Å². The molecule has 2 N–H and O–H groups in total. The molecule has 0 aromatic heterocycles. The van der Waals surface area contributed by atoms with E-state index in [1.54, 1.807) is 6.92 Å². The Balaban J connectivity index is 3.26. The zero-order chi connectivity index (χ0) is 10.3. The second kappa shape index (κ2) is 6.35. The first kappa shape index (κ1) is 12.9. The largest absolute Gasteiger partial charge is 0.388 e. The number of aliphatic hydroxyl groups is 1. The monoisotopic (exact) mass is 189 g/mol. The summed E-state index contributed by atoms with van der Waals surface area (Å²) in [5, 5.41) is 12.8. The fraction of sp³-hybridized carbons (Fsp3) is 1.00. The summed E-state index contributed by atoms with van der Waals surface area (Å²) in [7, 11) is 0. The average molecular weight is 189 g/mol. The Morgan fingerprint density at radius 2 is 2.08 bits per heavy atom. The summed E-state index contributed by atoms with van der Waals surface area (Å²) < 4.78 is 5.33. The number of hydrogen-bond donors (Lipinski definition) is 2. The van der Waals surface area contributed by atoms with Crippen LogP contribution in [0.2, 0.25) is 0 Å². The van der Waals surface area contributed by atoms with Crippen molar-refractivity contribution < 1.29 is 9.84 Å². The topological polar surface area (TPSA) is 41.5 Å². The molecule has 0 amide bonds. The van der Waals surface area contributed by atoms with E-state index in [4.69, 9.17) is 4.74 Å². The Kier molecular flexibility index (Phi) is 6.29. The van der Waals surface area contributed by atoms with Gasteiger partial charge in [-0.25, -0.2) is 0 Å². The van der Waals surface area contributed by atoms with Gasteiger partial charge in [0.05, 0.1) is 18.8 Å². The van der Waals surface area contributed by atoms with E-state index in [2.05, 4.69) is 19.2 Å². The molecule has 0 bridgehead atoms. The molecular formula is C10H23NO2. The van der Waals surface area contributed by atoms with Crippen LogP contribution in [0.1, 0.15) is 34.1 Å². The summed E-state index contributed by atoms with van der Waals surface area (Å²) >= 11 is 0. The molecule has 1 unspecified atom stereocenters. The van der Waals surface area contributed by atoms with Gasteiger partial charge in [-0.2, -0.15) is 0 Å². The van der Waals surface area contributed by atoms with Gasteiger partial charge in [-0.15, -0.1) is 0 Å². The lowest BCUT2D eigenvalue weighted by Crippen LogP contribution is -2.32. The predicted molar refractivity (Wildman–Crippen MR) is 54.9 cm³/mol. The van der Waals surface area contributed by atoms with Crippen LogP contribution in [0.5, 0.6) is 0 Å². The summed E-state index contributed by atoms with van der Waals surface area (Å²) in [6.07, 6.45) is 0.727. The number of rotatable bonds is 7. The van der Waals surface area contributed by atoms with Gasteiger partial charge in [0.15, 0.2) is 0 Å². The van der Waals surface area contributed by atoms with Crippen molar-refractivity contribution in [2.45, 2.75) is 45.8 Å². The molecule has 3 nitrogen and oxygen atoms in total. The molecule has 0 rings (SSSR count). The van der Waals surface area contributed by atoms with Crippen LogP contribution < -0.4 is 5.32 Å². The van der Waals surface area contributed by atoms with Crippen LogP contribution in [0.4, 0.5) is 0 Å². The first-order valence-electron chi connectivity index (χ1n) is 5.01. The van der Waals surface area contributed by atoms with Crippen LogP contribution in [-0.2, 0) is 4.74 Å². The van der Waals surface area contributed by atoms with Gasteiger partial charge in [0.1, 0.15) is 0 Å². The zero-order valence-electron chi connectivity index (χ0n) is 9.26. The summed E-state index contributed by atoms with van der Waals surface area (Å²) in [4.78, 5) is 0. The highest BCUT2D eigenvalue weighted by Gasteiger charge is 2.16. The molecule has 3 heteroatoms. The smallest absolute Gasteiger partial charge is 0.0849 e. The third-order valence-electron chi connectivity index (χ3n) is 1.97. The van der Waals surface area contributed by atoms with Crippen LogP contribution in [0.25, 0.3) is 0 Å². The van der Waals surface area contributed by atoms with Crippen LogP contribution in [0, 0.1) is 0 Å². The van der Waals surface area contributed by atoms with Crippen LogP contribution in [0.3, 0.4) is 0 Å². The molecule has 0 aliphatic carbocycles. The van der Waals surface area contributed by atoms with E-state index in [1.165, 1.54) is 0 Å². The number of hydrogen-bond acceptors (Lipinski definition) is 3. The van der Waals surface area contributed by atoms with Crippen molar-refractivity contribution in [3.05, 3.63) is 0 Å². The number of ether oxygens (including phenoxy) is 1. The molecule has 80 valence electrons.